The molecular weight excluding hydrogens is 342 g/mol. The number of para-hydroxylation sites is 1. The van der Waals surface area contributed by atoms with Gasteiger partial charge in [0.05, 0.1) is 6.04 Å². The zero-order valence-corrected chi connectivity index (χ0v) is 16.0. The smallest absolute Gasteiger partial charge is 0.244 e. The van der Waals surface area contributed by atoms with Crippen LogP contribution in [-0.2, 0) is 9.59 Å². The van der Waals surface area contributed by atoms with Gasteiger partial charge in [-0.15, -0.1) is 0 Å². The highest BCUT2D eigenvalue weighted by molar-refractivity contribution is 5.97. The van der Waals surface area contributed by atoms with Gasteiger partial charge < -0.3 is 20.4 Å². The van der Waals surface area contributed by atoms with E-state index in [2.05, 4.69) is 15.6 Å². The maximum atomic E-state index is 12.4. The van der Waals surface area contributed by atoms with Crippen LogP contribution in [0.1, 0.15) is 32.6 Å². The van der Waals surface area contributed by atoms with Crippen LogP contribution in [0.4, 0.5) is 5.69 Å². The molecule has 27 heavy (non-hydrogen) atoms. The highest BCUT2D eigenvalue weighted by Gasteiger charge is 2.31. The Bertz CT molecular complexity index is 670. The van der Waals surface area contributed by atoms with E-state index in [9.17, 15) is 9.59 Å². The van der Waals surface area contributed by atoms with Gasteiger partial charge in [0.25, 0.3) is 0 Å². The number of guanidine groups is 1. The molecular formula is C20H29N5O2. The van der Waals surface area contributed by atoms with Crippen LogP contribution in [0.5, 0.6) is 0 Å². The molecule has 146 valence electrons. The largest absolute Gasteiger partial charge is 0.357 e. The second-order valence-corrected chi connectivity index (χ2v) is 7.02. The molecule has 3 rings (SSSR count). The number of amides is 2. The minimum atomic E-state index is -0.0272. The van der Waals surface area contributed by atoms with E-state index in [1.54, 1.807) is 4.90 Å². The summed E-state index contributed by atoms with van der Waals surface area (Å²) in [5.74, 6) is 0.759. The average molecular weight is 371 g/mol. The summed E-state index contributed by atoms with van der Waals surface area (Å²) in [6, 6.07) is 9.66. The molecule has 1 aromatic carbocycles. The topological polar surface area (TPSA) is 77.0 Å². The number of nitrogens with zero attached hydrogens (tertiary/aromatic N) is 3. The molecule has 1 unspecified atom stereocenters. The summed E-state index contributed by atoms with van der Waals surface area (Å²) < 4.78 is 0. The van der Waals surface area contributed by atoms with Crippen molar-refractivity contribution >= 4 is 23.5 Å². The third-order valence-corrected chi connectivity index (χ3v) is 4.96. The molecule has 0 radical (unpaired) electrons. The van der Waals surface area contributed by atoms with E-state index in [1.807, 2.05) is 42.2 Å². The van der Waals surface area contributed by atoms with Crippen molar-refractivity contribution in [1.29, 1.82) is 0 Å². The summed E-state index contributed by atoms with van der Waals surface area (Å²) in [4.78, 5) is 32.8. The highest BCUT2D eigenvalue weighted by Crippen LogP contribution is 2.20. The van der Waals surface area contributed by atoms with Crippen LogP contribution in [0.2, 0.25) is 0 Å². The van der Waals surface area contributed by atoms with Gasteiger partial charge in [0, 0.05) is 38.3 Å². The normalized spacial score (nSPS) is 20.7. The lowest BCUT2D eigenvalue weighted by Crippen LogP contribution is -2.45. The van der Waals surface area contributed by atoms with Gasteiger partial charge in [0.15, 0.2) is 5.96 Å². The van der Waals surface area contributed by atoms with Crippen LogP contribution in [0.25, 0.3) is 0 Å². The van der Waals surface area contributed by atoms with Crippen molar-refractivity contribution < 1.29 is 9.59 Å². The van der Waals surface area contributed by atoms with E-state index in [-0.39, 0.29) is 24.4 Å². The van der Waals surface area contributed by atoms with Gasteiger partial charge in [-0.05, 0) is 38.3 Å². The van der Waals surface area contributed by atoms with E-state index >= 15 is 0 Å². The number of rotatable bonds is 5. The van der Waals surface area contributed by atoms with Gasteiger partial charge >= 0.3 is 0 Å². The van der Waals surface area contributed by atoms with Gasteiger partial charge in [-0.25, -0.2) is 4.99 Å². The molecule has 0 spiro atoms. The third kappa shape index (κ3) is 5.21. The Morgan fingerprint density at radius 3 is 2.63 bits per heavy atom. The standard InChI is InChI=1S/C20H29N5O2/c1-2-21-20(22-14-19(27)24-11-7-4-8-12-24)23-16-13-18(26)25(15-16)17-9-5-3-6-10-17/h3,5-6,9-10,16H,2,4,7-8,11-15H2,1H3,(H2,21,22,23). The second kappa shape index (κ2) is 9.39. The van der Waals surface area contributed by atoms with Gasteiger partial charge in [0.2, 0.25) is 11.8 Å². The first kappa shape index (κ1) is 19.2. The molecule has 2 aliphatic rings. The maximum Gasteiger partial charge on any atom is 0.244 e. The van der Waals surface area contributed by atoms with E-state index in [1.165, 1.54) is 6.42 Å². The zero-order chi connectivity index (χ0) is 19.1. The number of benzene rings is 1. The fourth-order valence-electron chi connectivity index (χ4n) is 3.57. The monoisotopic (exact) mass is 371 g/mol. The SMILES string of the molecule is CCNC(=NCC(=O)N1CCCCC1)NC1CC(=O)N(c2ccccc2)C1. The minimum absolute atomic E-state index is 0.0272. The van der Waals surface area contributed by atoms with Crippen LogP contribution in [0, 0.1) is 0 Å². The second-order valence-electron chi connectivity index (χ2n) is 7.02. The third-order valence-electron chi connectivity index (χ3n) is 4.96. The van der Waals surface area contributed by atoms with Crippen molar-refractivity contribution in [3.63, 3.8) is 0 Å². The molecule has 2 fully saturated rings. The van der Waals surface area contributed by atoms with Crippen molar-refractivity contribution in [2.75, 3.05) is 37.6 Å². The number of likely N-dealkylation sites (tertiary alicyclic amines) is 1. The van der Waals surface area contributed by atoms with Gasteiger partial charge in [0.1, 0.15) is 6.54 Å². The Morgan fingerprint density at radius 1 is 1.19 bits per heavy atom. The predicted octanol–water partition coefficient (Wildman–Crippen LogP) is 1.36. The summed E-state index contributed by atoms with van der Waals surface area (Å²) in [7, 11) is 0. The van der Waals surface area contributed by atoms with Crippen molar-refractivity contribution in [2.45, 2.75) is 38.6 Å². The van der Waals surface area contributed by atoms with Crippen LogP contribution < -0.4 is 15.5 Å². The molecule has 2 heterocycles. The van der Waals surface area contributed by atoms with Crippen LogP contribution >= 0.6 is 0 Å². The molecule has 1 atom stereocenters. The van der Waals surface area contributed by atoms with Gasteiger partial charge in [-0.1, -0.05) is 18.2 Å². The van der Waals surface area contributed by atoms with Crippen LogP contribution in [0.15, 0.2) is 35.3 Å². The van der Waals surface area contributed by atoms with Gasteiger partial charge in [-0.3, -0.25) is 9.59 Å². The Labute approximate surface area is 160 Å². The summed E-state index contributed by atoms with van der Waals surface area (Å²) in [5, 5.41) is 6.49. The van der Waals surface area contributed by atoms with Crippen molar-refractivity contribution in [3.05, 3.63) is 30.3 Å². The fraction of sp³-hybridized carbons (Fsp3) is 0.550. The van der Waals surface area contributed by atoms with Crippen LogP contribution in [0.3, 0.4) is 0 Å². The molecule has 0 aliphatic carbocycles. The quantitative estimate of drug-likeness (QED) is 0.605. The first-order valence-corrected chi connectivity index (χ1v) is 9.85. The molecule has 0 bridgehead atoms. The molecule has 0 aromatic heterocycles. The van der Waals surface area contributed by atoms with E-state index < -0.39 is 0 Å². The summed E-state index contributed by atoms with van der Waals surface area (Å²) in [6.07, 6.45) is 3.77. The number of piperidine rings is 1. The molecule has 7 nitrogen and oxygen atoms in total. The van der Waals surface area contributed by atoms with Crippen molar-refractivity contribution in [1.82, 2.24) is 15.5 Å². The van der Waals surface area contributed by atoms with Crippen molar-refractivity contribution in [3.8, 4) is 0 Å². The van der Waals surface area contributed by atoms with Crippen molar-refractivity contribution in [2.24, 2.45) is 4.99 Å². The Balaban J connectivity index is 1.57. The number of anilines is 1. The number of aliphatic imine (C=N–C) groups is 1. The molecule has 7 heteroatoms. The lowest BCUT2D eigenvalue weighted by molar-refractivity contribution is -0.130. The Kier molecular flexibility index (Phi) is 6.68. The number of hydrogen-bond acceptors (Lipinski definition) is 3. The Hall–Kier alpha value is -2.57. The molecule has 1 aromatic rings. The number of nitrogens with one attached hydrogen (secondary N) is 2. The number of hydrogen-bond donors (Lipinski definition) is 2. The number of carbonyl (C=O) groups is 2. The highest BCUT2D eigenvalue weighted by atomic mass is 16.2. The predicted molar refractivity (Wildman–Crippen MR) is 107 cm³/mol. The Morgan fingerprint density at radius 2 is 1.93 bits per heavy atom. The first-order chi connectivity index (χ1) is 13.2. The fourth-order valence-corrected chi connectivity index (χ4v) is 3.57. The first-order valence-electron chi connectivity index (χ1n) is 9.85. The molecule has 2 aliphatic heterocycles. The van der Waals surface area contributed by atoms with Gasteiger partial charge in [-0.2, -0.15) is 0 Å². The summed E-state index contributed by atoms with van der Waals surface area (Å²) >= 11 is 0. The summed E-state index contributed by atoms with van der Waals surface area (Å²) in [5.41, 5.74) is 0.911. The lowest BCUT2D eigenvalue weighted by atomic mass is 10.1. The van der Waals surface area contributed by atoms with E-state index in [0.29, 0.717) is 25.5 Å². The molecule has 2 amide bonds. The van der Waals surface area contributed by atoms with Crippen LogP contribution in [-0.4, -0.2) is 61.4 Å². The van der Waals surface area contributed by atoms with E-state index in [0.717, 1.165) is 31.6 Å². The lowest BCUT2D eigenvalue weighted by Gasteiger charge is -2.26. The average Bonchev–Trinajstić information content (AvgIpc) is 3.07. The molecule has 0 saturated carbocycles. The maximum absolute atomic E-state index is 12.4. The summed E-state index contributed by atoms with van der Waals surface area (Å²) in [6.45, 7) is 5.08. The molecule has 2 saturated heterocycles. The molecule has 2 N–H and O–H groups in total. The minimum Gasteiger partial charge on any atom is -0.357 e. The van der Waals surface area contributed by atoms with E-state index in [4.69, 9.17) is 0 Å². The zero-order valence-electron chi connectivity index (χ0n) is 16.0. The number of carbonyl (C=O) groups excluding carboxylic acids is 2.